The van der Waals surface area contributed by atoms with Gasteiger partial charge in [0.15, 0.2) is 6.61 Å². The Morgan fingerprint density at radius 2 is 1.81 bits per heavy atom. The van der Waals surface area contributed by atoms with E-state index in [1.54, 1.807) is 30.3 Å². The summed E-state index contributed by atoms with van der Waals surface area (Å²) in [5.74, 6) is 0.392. The number of hydrogen-bond acceptors (Lipinski definition) is 4. The van der Waals surface area contributed by atoms with Crippen LogP contribution in [-0.2, 0) is 0 Å². The number of benzene rings is 1. The molecule has 1 aromatic carbocycles. The fourth-order valence-electron chi connectivity index (χ4n) is 1.79. The van der Waals surface area contributed by atoms with Crippen LogP contribution in [0.3, 0.4) is 0 Å². The molecule has 7 heteroatoms. The number of alkyl halides is 3. The Hall–Kier alpha value is -2.44. The number of nitrogens with zero attached hydrogens (tertiary/aromatic N) is 1. The molecule has 0 amide bonds. The molecule has 0 aliphatic heterocycles. The van der Waals surface area contributed by atoms with Crippen molar-refractivity contribution in [1.82, 2.24) is 4.98 Å². The molecular weight excluding hydrogens is 285 g/mol. The van der Waals surface area contributed by atoms with Crippen molar-refractivity contribution in [3.8, 4) is 22.8 Å². The van der Waals surface area contributed by atoms with Crippen molar-refractivity contribution in [2.75, 3.05) is 19.5 Å². The molecule has 0 fully saturated rings. The molecule has 0 spiro atoms. The van der Waals surface area contributed by atoms with Crippen LogP contribution in [0.2, 0.25) is 0 Å². The number of aromatic nitrogens is 1. The van der Waals surface area contributed by atoms with E-state index in [9.17, 15) is 13.2 Å². The average Bonchev–Trinajstić information content (AvgIpc) is 2.44. The Morgan fingerprint density at radius 1 is 1.10 bits per heavy atom. The molecule has 0 saturated carbocycles. The number of halogens is 3. The predicted molar refractivity (Wildman–Crippen MR) is 72.2 cm³/mol. The molecule has 0 saturated heterocycles. The van der Waals surface area contributed by atoms with Crippen molar-refractivity contribution in [1.29, 1.82) is 0 Å². The highest BCUT2D eigenvalue weighted by molar-refractivity contribution is 5.75. The van der Waals surface area contributed by atoms with Gasteiger partial charge in [0.2, 0.25) is 5.88 Å². The number of pyridine rings is 1. The number of hydrogen-bond donors (Lipinski definition) is 1. The van der Waals surface area contributed by atoms with E-state index in [0.29, 0.717) is 16.9 Å². The summed E-state index contributed by atoms with van der Waals surface area (Å²) in [6.45, 7) is -1.44. The first-order chi connectivity index (χ1) is 9.90. The Bertz CT molecular complexity index is 630. The summed E-state index contributed by atoms with van der Waals surface area (Å²) >= 11 is 0. The molecule has 4 nitrogen and oxygen atoms in total. The lowest BCUT2D eigenvalue weighted by Gasteiger charge is -2.14. The van der Waals surface area contributed by atoms with Gasteiger partial charge in [0, 0.05) is 11.1 Å². The molecule has 0 aliphatic carbocycles. The zero-order valence-electron chi connectivity index (χ0n) is 11.1. The fraction of sp³-hybridized carbons (Fsp3) is 0.214. The molecule has 112 valence electrons. The first kappa shape index (κ1) is 15.0. The second-order valence-electron chi connectivity index (χ2n) is 4.19. The molecule has 21 heavy (non-hydrogen) atoms. The van der Waals surface area contributed by atoms with Gasteiger partial charge in [-0.25, -0.2) is 0 Å². The van der Waals surface area contributed by atoms with Crippen molar-refractivity contribution < 1.29 is 22.6 Å². The van der Waals surface area contributed by atoms with E-state index >= 15 is 0 Å². The quantitative estimate of drug-likeness (QED) is 0.941. The average molecular weight is 298 g/mol. The molecule has 1 aromatic heterocycles. The highest BCUT2D eigenvalue weighted by atomic mass is 19.4. The Balaban J connectivity index is 2.43. The number of para-hydroxylation sites is 1. The van der Waals surface area contributed by atoms with Crippen LogP contribution in [0.5, 0.6) is 11.6 Å². The fourth-order valence-corrected chi connectivity index (χ4v) is 1.79. The maximum absolute atomic E-state index is 12.3. The number of ether oxygens (including phenoxy) is 2. The van der Waals surface area contributed by atoms with Crippen molar-refractivity contribution in [2.24, 2.45) is 0 Å². The predicted octanol–water partition coefficient (Wildman–Crippen LogP) is 3.28. The maximum atomic E-state index is 12.3. The highest BCUT2D eigenvalue weighted by Gasteiger charge is 2.29. The minimum atomic E-state index is -4.45. The zero-order valence-corrected chi connectivity index (χ0v) is 11.1. The maximum Gasteiger partial charge on any atom is 0.422 e. The minimum absolute atomic E-state index is 0.0748. The third-order valence-corrected chi connectivity index (χ3v) is 2.65. The van der Waals surface area contributed by atoms with Crippen molar-refractivity contribution in [3.05, 3.63) is 36.4 Å². The second-order valence-corrected chi connectivity index (χ2v) is 4.19. The molecule has 2 aromatic rings. The van der Waals surface area contributed by atoms with Gasteiger partial charge in [0.1, 0.15) is 11.6 Å². The van der Waals surface area contributed by atoms with Crippen LogP contribution in [0.25, 0.3) is 11.1 Å². The van der Waals surface area contributed by atoms with Crippen LogP contribution in [0, 0.1) is 0 Å². The van der Waals surface area contributed by atoms with E-state index in [1.165, 1.54) is 13.2 Å². The number of nitrogen functional groups attached to an aromatic ring is 1. The van der Waals surface area contributed by atoms with Crippen LogP contribution >= 0.6 is 0 Å². The van der Waals surface area contributed by atoms with E-state index in [4.69, 9.17) is 15.2 Å². The molecule has 0 bridgehead atoms. The third-order valence-electron chi connectivity index (χ3n) is 2.65. The lowest BCUT2D eigenvalue weighted by atomic mass is 10.1. The van der Waals surface area contributed by atoms with Gasteiger partial charge in [-0.3, -0.25) is 0 Å². The summed E-state index contributed by atoms with van der Waals surface area (Å²) in [4.78, 5) is 3.83. The molecule has 2 N–H and O–H groups in total. The van der Waals surface area contributed by atoms with Gasteiger partial charge in [-0.05, 0) is 18.2 Å². The second kappa shape index (κ2) is 5.90. The SMILES string of the molecule is COc1ccccc1-c1ccc(N)nc1OCC(F)(F)F. The van der Waals surface area contributed by atoms with Crippen molar-refractivity contribution in [3.63, 3.8) is 0 Å². The van der Waals surface area contributed by atoms with Gasteiger partial charge < -0.3 is 15.2 Å². The molecule has 0 unspecified atom stereocenters. The number of methoxy groups -OCH3 is 1. The third kappa shape index (κ3) is 3.77. The lowest BCUT2D eigenvalue weighted by molar-refractivity contribution is -0.153. The van der Waals surface area contributed by atoms with Gasteiger partial charge in [0.25, 0.3) is 0 Å². The minimum Gasteiger partial charge on any atom is -0.496 e. The molecule has 2 rings (SSSR count). The Morgan fingerprint density at radius 3 is 2.48 bits per heavy atom. The normalized spacial score (nSPS) is 11.2. The Labute approximate surface area is 119 Å². The Kier molecular flexibility index (Phi) is 4.21. The standard InChI is InChI=1S/C14H13F3N2O2/c1-20-11-5-3-2-4-9(11)10-6-7-12(18)19-13(10)21-8-14(15,16)17/h2-7H,8H2,1H3,(H2,18,19). The molecular formula is C14H13F3N2O2. The van der Waals surface area contributed by atoms with Gasteiger partial charge in [-0.1, -0.05) is 18.2 Å². The highest BCUT2D eigenvalue weighted by Crippen LogP contribution is 2.36. The summed E-state index contributed by atoms with van der Waals surface area (Å²) in [6, 6.07) is 9.92. The van der Waals surface area contributed by atoms with Crippen LogP contribution in [0.4, 0.5) is 19.0 Å². The molecule has 0 aliphatic rings. The van der Waals surface area contributed by atoms with E-state index in [2.05, 4.69) is 4.98 Å². The van der Waals surface area contributed by atoms with Crippen LogP contribution in [0.15, 0.2) is 36.4 Å². The first-order valence-electron chi connectivity index (χ1n) is 6.00. The van der Waals surface area contributed by atoms with Crippen molar-refractivity contribution >= 4 is 5.82 Å². The zero-order chi connectivity index (χ0) is 15.5. The summed E-state index contributed by atoms with van der Waals surface area (Å²) in [5, 5.41) is 0. The summed E-state index contributed by atoms with van der Waals surface area (Å²) in [5.41, 5.74) is 6.47. The van der Waals surface area contributed by atoms with Crippen LogP contribution < -0.4 is 15.2 Å². The molecule has 0 atom stereocenters. The molecule has 1 heterocycles. The molecule has 0 radical (unpaired) electrons. The summed E-state index contributed by atoms with van der Waals surface area (Å²) in [6.07, 6.45) is -4.45. The van der Waals surface area contributed by atoms with Crippen LogP contribution in [0.1, 0.15) is 0 Å². The first-order valence-corrected chi connectivity index (χ1v) is 6.00. The van der Waals surface area contributed by atoms with Gasteiger partial charge in [-0.15, -0.1) is 0 Å². The van der Waals surface area contributed by atoms with Gasteiger partial charge >= 0.3 is 6.18 Å². The van der Waals surface area contributed by atoms with E-state index in [-0.39, 0.29) is 11.7 Å². The van der Waals surface area contributed by atoms with Crippen LogP contribution in [-0.4, -0.2) is 24.9 Å². The topological polar surface area (TPSA) is 57.4 Å². The largest absolute Gasteiger partial charge is 0.496 e. The van der Waals surface area contributed by atoms with E-state index in [0.717, 1.165) is 0 Å². The van der Waals surface area contributed by atoms with Gasteiger partial charge in [-0.2, -0.15) is 18.2 Å². The van der Waals surface area contributed by atoms with Gasteiger partial charge in [0.05, 0.1) is 7.11 Å². The monoisotopic (exact) mass is 298 g/mol. The summed E-state index contributed by atoms with van der Waals surface area (Å²) < 4.78 is 46.9. The van der Waals surface area contributed by atoms with E-state index < -0.39 is 12.8 Å². The smallest absolute Gasteiger partial charge is 0.422 e. The summed E-state index contributed by atoms with van der Waals surface area (Å²) in [7, 11) is 1.47. The number of anilines is 1. The van der Waals surface area contributed by atoms with E-state index in [1.807, 2.05) is 0 Å². The number of rotatable bonds is 4. The lowest BCUT2D eigenvalue weighted by Crippen LogP contribution is -2.20. The number of nitrogens with two attached hydrogens (primary N) is 1. The van der Waals surface area contributed by atoms with Crippen molar-refractivity contribution in [2.45, 2.75) is 6.18 Å².